The van der Waals surface area contributed by atoms with Gasteiger partial charge in [0.25, 0.3) is 0 Å². The molecule has 0 aromatic heterocycles. The number of methoxy groups -OCH3 is 1. The summed E-state index contributed by atoms with van der Waals surface area (Å²) in [6.45, 7) is 11.0. The van der Waals surface area contributed by atoms with E-state index in [0.29, 0.717) is 92.5 Å². The fourth-order valence-electron chi connectivity index (χ4n) is 1.83. The molecule has 0 aliphatic rings. The van der Waals surface area contributed by atoms with E-state index < -0.39 is 0 Å². The minimum atomic E-state index is 0.549. The molecular weight excluding hydrogens is 388 g/mol. The van der Waals surface area contributed by atoms with Crippen LogP contribution in [0.2, 0.25) is 0 Å². The standard InChI is InChI=1S/C19H40O8S/c1-3-28-19-18-27-17-16-26-15-14-25-13-12-24-11-10-23-9-8-22-7-6-21-5-4-20-2/h3-19H2,1-2H3. The lowest BCUT2D eigenvalue weighted by atomic mass is 10.6. The van der Waals surface area contributed by atoms with Gasteiger partial charge < -0.3 is 37.9 Å². The molecule has 0 amide bonds. The van der Waals surface area contributed by atoms with Gasteiger partial charge in [0.05, 0.1) is 99.1 Å². The first-order valence-corrected chi connectivity index (χ1v) is 11.2. The fourth-order valence-corrected chi connectivity index (χ4v) is 2.35. The Bertz CT molecular complexity index is 248. The third-order valence-electron chi connectivity index (χ3n) is 3.24. The summed E-state index contributed by atoms with van der Waals surface area (Å²) in [6, 6.07) is 0. The zero-order chi connectivity index (χ0) is 20.4. The Morgan fingerprint density at radius 2 is 0.714 bits per heavy atom. The van der Waals surface area contributed by atoms with Crippen LogP contribution in [0, 0.1) is 0 Å². The predicted octanol–water partition coefficient (Wildman–Crippen LogP) is 1.50. The van der Waals surface area contributed by atoms with Crippen molar-refractivity contribution in [2.24, 2.45) is 0 Å². The molecule has 0 aliphatic carbocycles. The Labute approximate surface area is 174 Å². The molecular formula is C19H40O8S. The van der Waals surface area contributed by atoms with Crippen molar-refractivity contribution in [1.82, 2.24) is 0 Å². The number of hydrogen-bond acceptors (Lipinski definition) is 9. The van der Waals surface area contributed by atoms with Crippen molar-refractivity contribution in [3.8, 4) is 0 Å². The average molecular weight is 429 g/mol. The molecule has 0 saturated heterocycles. The largest absolute Gasteiger partial charge is 0.382 e. The summed E-state index contributed by atoms with van der Waals surface area (Å²) in [5, 5.41) is 0. The van der Waals surface area contributed by atoms with Gasteiger partial charge in [-0.15, -0.1) is 0 Å². The first-order chi connectivity index (χ1) is 13.9. The lowest BCUT2D eigenvalue weighted by molar-refractivity contribution is -0.0217. The van der Waals surface area contributed by atoms with E-state index in [1.807, 2.05) is 11.8 Å². The van der Waals surface area contributed by atoms with Crippen LogP contribution in [0.3, 0.4) is 0 Å². The second-order valence-corrected chi connectivity index (χ2v) is 6.87. The smallest absolute Gasteiger partial charge is 0.0701 e. The van der Waals surface area contributed by atoms with Crippen LogP contribution >= 0.6 is 11.8 Å². The Hall–Kier alpha value is 0.0300. The number of ether oxygens (including phenoxy) is 8. The fraction of sp³-hybridized carbons (Fsp3) is 1.00. The van der Waals surface area contributed by atoms with Crippen molar-refractivity contribution in [2.75, 3.05) is 118 Å². The van der Waals surface area contributed by atoms with Gasteiger partial charge in [-0.2, -0.15) is 11.8 Å². The summed E-state index contributed by atoms with van der Waals surface area (Å²) in [5.74, 6) is 2.18. The van der Waals surface area contributed by atoms with E-state index in [0.717, 1.165) is 18.1 Å². The summed E-state index contributed by atoms with van der Waals surface area (Å²) in [7, 11) is 1.65. The number of hydrogen-bond donors (Lipinski definition) is 0. The van der Waals surface area contributed by atoms with Crippen molar-refractivity contribution in [3.05, 3.63) is 0 Å². The minimum absolute atomic E-state index is 0.549. The lowest BCUT2D eigenvalue weighted by Crippen LogP contribution is -2.15. The summed E-state index contributed by atoms with van der Waals surface area (Å²) < 4.78 is 42.6. The van der Waals surface area contributed by atoms with Crippen molar-refractivity contribution in [2.45, 2.75) is 6.92 Å². The molecule has 0 unspecified atom stereocenters. The normalized spacial score (nSPS) is 11.4. The van der Waals surface area contributed by atoms with Crippen LogP contribution in [0.1, 0.15) is 6.92 Å². The highest BCUT2D eigenvalue weighted by molar-refractivity contribution is 7.99. The van der Waals surface area contributed by atoms with Crippen molar-refractivity contribution < 1.29 is 37.9 Å². The van der Waals surface area contributed by atoms with E-state index in [1.165, 1.54) is 0 Å². The van der Waals surface area contributed by atoms with Gasteiger partial charge in [-0.25, -0.2) is 0 Å². The molecule has 0 bridgehead atoms. The first kappa shape index (κ1) is 28.0. The third kappa shape index (κ3) is 26.0. The van der Waals surface area contributed by atoms with E-state index in [-0.39, 0.29) is 0 Å². The number of thioether (sulfide) groups is 1. The maximum absolute atomic E-state index is 5.44. The molecule has 0 N–H and O–H groups in total. The molecule has 9 heteroatoms. The van der Waals surface area contributed by atoms with Gasteiger partial charge in [0.1, 0.15) is 0 Å². The molecule has 0 radical (unpaired) electrons. The second kappa shape index (κ2) is 27.0. The van der Waals surface area contributed by atoms with E-state index in [9.17, 15) is 0 Å². The van der Waals surface area contributed by atoms with Gasteiger partial charge >= 0.3 is 0 Å². The summed E-state index contributed by atoms with van der Waals surface area (Å²) >= 11 is 1.88. The Kier molecular flexibility index (Phi) is 27.1. The van der Waals surface area contributed by atoms with E-state index in [1.54, 1.807) is 7.11 Å². The lowest BCUT2D eigenvalue weighted by Gasteiger charge is -2.08. The van der Waals surface area contributed by atoms with Crippen LogP contribution in [-0.4, -0.2) is 118 Å². The van der Waals surface area contributed by atoms with Crippen molar-refractivity contribution in [3.63, 3.8) is 0 Å². The second-order valence-electron chi connectivity index (χ2n) is 5.48. The van der Waals surface area contributed by atoms with Crippen LogP contribution in [0.15, 0.2) is 0 Å². The predicted molar refractivity (Wildman–Crippen MR) is 111 cm³/mol. The minimum Gasteiger partial charge on any atom is -0.382 e. The zero-order valence-electron chi connectivity index (χ0n) is 17.7. The Morgan fingerprint density at radius 1 is 0.429 bits per heavy atom. The van der Waals surface area contributed by atoms with Gasteiger partial charge in [0, 0.05) is 12.9 Å². The van der Waals surface area contributed by atoms with Gasteiger partial charge in [0.2, 0.25) is 0 Å². The first-order valence-electron chi connectivity index (χ1n) is 10.0. The van der Waals surface area contributed by atoms with E-state index >= 15 is 0 Å². The summed E-state index contributed by atoms with van der Waals surface area (Å²) in [5.41, 5.74) is 0. The molecule has 28 heavy (non-hydrogen) atoms. The third-order valence-corrected chi connectivity index (χ3v) is 4.10. The molecule has 0 atom stereocenters. The van der Waals surface area contributed by atoms with Crippen LogP contribution in [0.4, 0.5) is 0 Å². The molecule has 0 saturated carbocycles. The quantitative estimate of drug-likeness (QED) is 0.201. The molecule has 0 aromatic carbocycles. The molecule has 170 valence electrons. The molecule has 0 fully saturated rings. The van der Waals surface area contributed by atoms with Gasteiger partial charge in [0.15, 0.2) is 0 Å². The molecule has 0 aliphatic heterocycles. The average Bonchev–Trinajstić information content (AvgIpc) is 2.71. The molecule has 8 nitrogen and oxygen atoms in total. The van der Waals surface area contributed by atoms with E-state index in [2.05, 4.69) is 6.92 Å². The molecule has 0 rings (SSSR count). The van der Waals surface area contributed by atoms with E-state index in [4.69, 9.17) is 37.9 Å². The van der Waals surface area contributed by atoms with Crippen LogP contribution in [0.25, 0.3) is 0 Å². The highest BCUT2D eigenvalue weighted by Crippen LogP contribution is 1.96. The van der Waals surface area contributed by atoms with Crippen LogP contribution in [0.5, 0.6) is 0 Å². The topological polar surface area (TPSA) is 73.8 Å². The van der Waals surface area contributed by atoms with Crippen LogP contribution < -0.4 is 0 Å². The molecule has 0 heterocycles. The van der Waals surface area contributed by atoms with Crippen LogP contribution in [-0.2, 0) is 37.9 Å². The maximum atomic E-state index is 5.44. The van der Waals surface area contributed by atoms with Gasteiger partial charge in [-0.3, -0.25) is 0 Å². The maximum Gasteiger partial charge on any atom is 0.0701 e. The van der Waals surface area contributed by atoms with Crippen molar-refractivity contribution >= 4 is 11.8 Å². The molecule has 0 spiro atoms. The van der Waals surface area contributed by atoms with Gasteiger partial charge in [-0.05, 0) is 5.75 Å². The highest BCUT2D eigenvalue weighted by atomic mass is 32.2. The number of rotatable bonds is 25. The van der Waals surface area contributed by atoms with Gasteiger partial charge in [-0.1, -0.05) is 6.92 Å². The SMILES string of the molecule is CCSCCOCCOCCOCCOCCOCCOCCOCCOC. The Balaban J connectivity index is 2.96. The monoisotopic (exact) mass is 428 g/mol. The molecule has 0 aromatic rings. The summed E-state index contributed by atoms with van der Waals surface area (Å²) in [6.07, 6.45) is 0. The van der Waals surface area contributed by atoms with Crippen molar-refractivity contribution in [1.29, 1.82) is 0 Å². The summed E-state index contributed by atoms with van der Waals surface area (Å²) in [4.78, 5) is 0. The zero-order valence-corrected chi connectivity index (χ0v) is 18.5. The Morgan fingerprint density at radius 3 is 1.00 bits per heavy atom. The highest BCUT2D eigenvalue weighted by Gasteiger charge is 1.94.